The van der Waals surface area contributed by atoms with Gasteiger partial charge in [0.25, 0.3) is 0 Å². The van der Waals surface area contributed by atoms with E-state index in [-0.39, 0.29) is 5.78 Å². The molecule has 0 saturated carbocycles. The fraction of sp³-hybridized carbons (Fsp3) is 0.417. The van der Waals surface area contributed by atoms with Crippen LogP contribution in [0.4, 0.5) is 0 Å². The zero-order chi connectivity index (χ0) is 11.4. The van der Waals surface area contributed by atoms with Gasteiger partial charge >= 0.3 is 0 Å². The van der Waals surface area contributed by atoms with Crippen LogP contribution >= 0.6 is 11.6 Å². The van der Waals surface area contributed by atoms with Crippen LogP contribution in [0.5, 0.6) is 11.5 Å². The summed E-state index contributed by atoms with van der Waals surface area (Å²) in [6.07, 6.45) is 1.18. The molecular formula is C12H13ClO3. The molecule has 0 radical (unpaired) electrons. The van der Waals surface area contributed by atoms with Crippen molar-refractivity contribution in [1.29, 1.82) is 0 Å². The van der Waals surface area contributed by atoms with E-state index in [0.29, 0.717) is 49.0 Å². The molecule has 0 unspecified atom stereocenters. The molecule has 0 amide bonds. The lowest BCUT2D eigenvalue weighted by molar-refractivity contribution is 0.0980. The van der Waals surface area contributed by atoms with Gasteiger partial charge in [0, 0.05) is 17.9 Å². The topological polar surface area (TPSA) is 35.5 Å². The highest BCUT2D eigenvalue weighted by molar-refractivity contribution is 6.18. The van der Waals surface area contributed by atoms with E-state index in [2.05, 4.69) is 0 Å². The maximum Gasteiger partial charge on any atom is 0.163 e. The summed E-state index contributed by atoms with van der Waals surface area (Å²) < 4.78 is 10.8. The van der Waals surface area contributed by atoms with Crippen LogP contribution in [0.15, 0.2) is 18.2 Å². The van der Waals surface area contributed by atoms with Crippen LogP contribution in [0.1, 0.15) is 23.2 Å². The molecular weight excluding hydrogens is 228 g/mol. The van der Waals surface area contributed by atoms with Gasteiger partial charge in [-0.3, -0.25) is 4.79 Å². The Hall–Kier alpha value is -1.22. The number of ketones is 1. The van der Waals surface area contributed by atoms with E-state index in [1.807, 2.05) is 0 Å². The Bertz CT molecular complexity index is 390. The minimum atomic E-state index is 0.0950. The summed E-state index contributed by atoms with van der Waals surface area (Å²) in [5.41, 5.74) is 0.661. The first-order chi connectivity index (χ1) is 7.81. The first kappa shape index (κ1) is 11.3. The van der Waals surface area contributed by atoms with E-state index in [0.717, 1.165) is 0 Å². The fourth-order valence-corrected chi connectivity index (χ4v) is 1.72. The van der Waals surface area contributed by atoms with E-state index >= 15 is 0 Å². The van der Waals surface area contributed by atoms with E-state index in [1.54, 1.807) is 18.2 Å². The number of fused-ring (bicyclic) bond motifs is 1. The van der Waals surface area contributed by atoms with Crippen LogP contribution in [0.25, 0.3) is 0 Å². The van der Waals surface area contributed by atoms with Crippen LogP contribution in [0, 0.1) is 0 Å². The zero-order valence-electron chi connectivity index (χ0n) is 8.87. The second-order valence-electron chi connectivity index (χ2n) is 3.57. The van der Waals surface area contributed by atoms with Gasteiger partial charge in [0.15, 0.2) is 17.3 Å². The molecule has 1 heterocycles. The van der Waals surface area contributed by atoms with Gasteiger partial charge in [0.1, 0.15) is 13.2 Å². The lowest BCUT2D eigenvalue weighted by atomic mass is 10.1. The Balaban J connectivity index is 2.13. The third kappa shape index (κ3) is 2.47. The molecule has 0 fully saturated rings. The van der Waals surface area contributed by atoms with Crippen molar-refractivity contribution in [3.63, 3.8) is 0 Å². The molecule has 0 aromatic heterocycles. The fourth-order valence-electron chi connectivity index (χ4n) is 1.59. The third-order valence-corrected chi connectivity index (χ3v) is 2.67. The number of benzene rings is 1. The van der Waals surface area contributed by atoms with E-state index in [9.17, 15) is 4.79 Å². The Morgan fingerprint density at radius 1 is 1.25 bits per heavy atom. The first-order valence-corrected chi connectivity index (χ1v) is 5.83. The Kier molecular flexibility index (Phi) is 3.67. The lowest BCUT2D eigenvalue weighted by Gasteiger charge is -2.18. The third-order valence-electron chi connectivity index (χ3n) is 2.40. The van der Waals surface area contributed by atoms with E-state index < -0.39 is 0 Å². The Morgan fingerprint density at radius 3 is 2.75 bits per heavy atom. The van der Waals surface area contributed by atoms with Gasteiger partial charge in [-0.25, -0.2) is 0 Å². The number of ether oxygens (including phenoxy) is 2. The van der Waals surface area contributed by atoms with Crippen molar-refractivity contribution in [3.8, 4) is 11.5 Å². The summed E-state index contributed by atoms with van der Waals surface area (Å²) in [7, 11) is 0. The molecule has 1 aromatic rings. The lowest BCUT2D eigenvalue weighted by Crippen LogP contribution is -2.15. The molecule has 0 saturated heterocycles. The standard InChI is InChI=1S/C12H13ClO3/c13-5-1-2-10(14)9-3-4-11-12(8-9)16-7-6-15-11/h3-4,8H,1-2,5-7H2. The van der Waals surface area contributed by atoms with Crippen molar-refractivity contribution in [1.82, 2.24) is 0 Å². The minimum absolute atomic E-state index is 0.0950. The maximum absolute atomic E-state index is 11.7. The number of hydrogen-bond acceptors (Lipinski definition) is 3. The predicted octanol–water partition coefficient (Wildman–Crippen LogP) is 2.66. The average Bonchev–Trinajstić information content (AvgIpc) is 2.35. The van der Waals surface area contributed by atoms with Crippen LogP contribution in [0.2, 0.25) is 0 Å². The van der Waals surface area contributed by atoms with Gasteiger partial charge in [-0.1, -0.05) is 0 Å². The number of carbonyl (C=O) groups excluding carboxylic acids is 1. The van der Waals surface area contributed by atoms with Crippen molar-refractivity contribution >= 4 is 17.4 Å². The van der Waals surface area contributed by atoms with Gasteiger partial charge in [-0.2, -0.15) is 0 Å². The largest absolute Gasteiger partial charge is 0.486 e. The van der Waals surface area contributed by atoms with Gasteiger partial charge < -0.3 is 9.47 Å². The molecule has 2 rings (SSSR count). The molecule has 16 heavy (non-hydrogen) atoms. The summed E-state index contributed by atoms with van der Waals surface area (Å²) in [4.78, 5) is 11.7. The second-order valence-corrected chi connectivity index (χ2v) is 3.95. The summed E-state index contributed by atoms with van der Waals surface area (Å²) >= 11 is 5.55. The highest BCUT2D eigenvalue weighted by atomic mass is 35.5. The quantitative estimate of drug-likeness (QED) is 0.600. The van der Waals surface area contributed by atoms with E-state index in [4.69, 9.17) is 21.1 Å². The van der Waals surface area contributed by atoms with Crippen LogP contribution in [-0.4, -0.2) is 24.9 Å². The maximum atomic E-state index is 11.7. The van der Waals surface area contributed by atoms with Crippen molar-refractivity contribution < 1.29 is 14.3 Å². The summed E-state index contributed by atoms with van der Waals surface area (Å²) in [6.45, 7) is 1.10. The molecule has 1 aromatic carbocycles. The number of halogens is 1. The van der Waals surface area contributed by atoms with Crippen LogP contribution in [0.3, 0.4) is 0 Å². The van der Waals surface area contributed by atoms with Crippen molar-refractivity contribution in [2.24, 2.45) is 0 Å². The van der Waals surface area contributed by atoms with Gasteiger partial charge in [-0.15, -0.1) is 11.6 Å². The molecule has 4 heteroatoms. The second kappa shape index (κ2) is 5.21. The molecule has 1 aliphatic rings. The van der Waals surface area contributed by atoms with E-state index in [1.165, 1.54) is 0 Å². The van der Waals surface area contributed by atoms with Crippen molar-refractivity contribution in [3.05, 3.63) is 23.8 Å². The first-order valence-electron chi connectivity index (χ1n) is 5.30. The Labute approximate surface area is 99.3 Å². The molecule has 1 aliphatic heterocycles. The smallest absolute Gasteiger partial charge is 0.163 e. The molecule has 0 N–H and O–H groups in total. The average molecular weight is 241 g/mol. The van der Waals surface area contributed by atoms with Crippen molar-refractivity contribution in [2.45, 2.75) is 12.8 Å². The van der Waals surface area contributed by atoms with Crippen LogP contribution < -0.4 is 9.47 Å². The number of hydrogen-bond donors (Lipinski definition) is 0. The van der Waals surface area contributed by atoms with Crippen molar-refractivity contribution in [2.75, 3.05) is 19.1 Å². The predicted molar refractivity (Wildman–Crippen MR) is 61.7 cm³/mol. The van der Waals surface area contributed by atoms with Gasteiger partial charge in [0.05, 0.1) is 0 Å². The molecule has 3 nitrogen and oxygen atoms in total. The number of rotatable bonds is 4. The number of carbonyl (C=O) groups is 1. The SMILES string of the molecule is O=C(CCCCl)c1ccc2c(c1)OCCO2. The van der Waals surface area contributed by atoms with Gasteiger partial charge in [-0.05, 0) is 24.6 Å². The minimum Gasteiger partial charge on any atom is -0.486 e. The molecule has 0 aliphatic carbocycles. The number of alkyl halides is 1. The molecule has 0 spiro atoms. The van der Waals surface area contributed by atoms with Gasteiger partial charge in [0.2, 0.25) is 0 Å². The molecule has 86 valence electrons. The zero-order valence-corrected chi connectivity index (χ0v) is 9.63. The highest BCUT2D eigenvalue weighted by Gasteiger charge is 2.14. The summed E-state index contributed by atoms with van der Waals surface area (Å²) in [6, 6.07) is 5.29. The monoisotopic (exact) mass is 240 g/mol. The molecule has 0 atom stereocenters. The Morgan fingerprint density at radius 2 is 2.00 bits per heavy atom. The molecule has 0 bridgehead atoms. The summed E-state index contributed by atoms with van der Waals surface area (Å²) in [5, 5.41) is 0. The number of Topliss-reactive ketones (excluding diaryl/α,β-unsaturated/α-hetero) is 1. The normalized spacial score (nSPS) is 13.6. The highest BCUT2D eigenvalue weighted by Crippen LogP contribution is 2.31. The van der Waals surface area contributed by atoms with Crippen LogP contribution in [-0.2, 0) is 0 Å². The summed E-state index contributed by atoms with van der Waals surface area (Å²) in [5.74, 6) is 1.97.